The van der Waals surface area contributed by atoms with Crippen LogP contribution in [0, 0.1) is 50.2 Å². The lowest BCUT2D eigenvalue weighted by molar-refractivity contribution is -0.375. The average molecular weight is 1100 g/mol. The lowest BCUT2D eigenvalue weighted by atomic mass is 9.33. The minimum absolute atomic E-state index is 0.0830. The van der Waals surface area contributed by atoms with Crippen molar-refractivity contribution in [3.63, 3.8) is 0 Å². The molecule has 0 radical (unpaired) electrons. The van der Waals surface area contributed by atoms with Crippen molar-refractivity contribution in [2.45, 2.75) is 229 Å². The summed E-state index contributed by atoms with van der Waals surface area (Å²) in [6.07, 6.45) is -27.3. The molecule has 4 saturated heterocycles. The van der Waals surface area contributed by atoms with Gasteiger partial charge in [-0.1, -0.05) is 46.3 Å². The lowest BCUT2D eigenvalue weighted by Crippen LogP contribution is -2.69. The summed E-state index contributed by atoms with van der Waals surface area (Å²) < 4.78 is 47.0. The highest BCUT2D eigenvalue weighted by Crippen LogP contribution is 2.76. The smallest absolute Gasteiger partial charge is 0.315 e. The normalized spacial score (nSPS) is 53.7. The first-order valence-electron chi connectivity index (χ1n) is 27.2. The Hall–Kier alpha value is -2.41. The van der Waals surface area contributed by atoms with Crippen molar-refractivity contribution in [2.75, 3.05) is 19.8 Å². The van der Waals surface area contributed by atoms with E-state index in [0.29, 0.717) is 51.4 Å². The summed E-state index contributed by atoms with van der Waals surface area (Å²) in [5, 5.41) is 139. The Balaban J connectivity index is 0.974. The first-order valence-corrected chi connectivity index (χ1v) is 27.2. The van der Waals surface area contributed by atoms with Gasteiger partial charge in [0.1, 0.15) is 90.9 Å². The Labute approximate surface area is 446 Å². The molecule has 77 heavy (non-hydrogen) atoms. The molecule has 4 saturated carbocycles. The van der Waals surface area contributed by atoms with Crippen molar-refractivity contribution in [1.82, 2.24) is 0 Å². The van der Waals surface area contributed by atoms with Gasteiger partial charge >= 0.3 is 11.9 Å². The number of Topliss-reactive ketones (excluding diaryl/α,β-unsaturated/α-hetero) is 1. The van der Waals surface area contributed by atoms with Crippen LogP contribution < -0.4 is 0 Å². The van der Waals surface area contributed by atoms with E-state index in [9.17, 15) is 76.0 Å². The number of fused-ring (bicyclic) bond motifs is 7. The zero-order valence-electron chi connectivity index (χ0n) is 44.6. The SMILES string of the molecule is CC1OC(OC2C(OC(=O)C34CCC(C)(C)CC3C3=CCC5C6(C)CC(=O)C(OC7OC(CO)C(O)C(O)C7O)C(C)(C(=O)O)C6CCC5(C)C3(C)CC4)OC(CO)C(O)C2O)C(O)C(O)C1OC1OCC(O)C(O)C1O. The van der Waals surface area contributed by atoms with Crippen LogP contribution in [-0.2, 0) is 52.3 Å². The van der Waals surface area contributed by atoms with Crippen LogP contribution in [0.25, 0.3) is 0 Å². The van der Waals surface area contributed by atoms with Crippen LogP contribution >= 0.6 is 0 Å². The Kier molecular flexibility index (Phi) is 16.2. The second-order valence-corrected chi connectivity index (χ2v) is 25.6. The summed E-state index contributed by atoms with van der Waals surface area (Å²) in [5.74, 6) is -3.81. The van der Waals surface area contributed by atoms with Gasteiger partial charge in [-0.3, -0.25) is 14.4 Å². The molecular formula is C53H82O24. The molecule has 0 aromatic rings. The van der Waals surface area contributed by atoms with Crippen molar-refractivity contribution >= 4 is 17.7 Å². The molecular weight excluding hydrogens is 1020 g/mol. The topological polar surface area (TPSA) is 388 Å². The van der Waals surface area contributed by atoms with Crippen molar-refractivity contribution in [2.24, 2.45) is 50.2 Å². The van der Waals surface area contributed by atoms with Gasteiger partial charge in [0, 0.05) is 6.42 Å². The Bertz CT molecular complexity index is 2230. The molecule has 0 amide bonds. The zero-order valence-corrected chi connectivity index (χ0v) is 44.6. The number of ether oxygens (including phenoxy) is 8. The molecule has 24 heteroatoms. The Morgan fingerprint density at radius 2 is 1.22 bits per heavy atom. The molecule has 9 rings (SSSR count). The highest BCUT2D eigenvalue weighted by Gasteiger charge is 2.73. The molecule has 0 spiro atoms. The summed E-state index contributed by atoms with van der Waals surface area (Å²) in [6.45, 7) is 11.6. The standard InChI is InChI=1S/C53H82O24/c1-21-39(74-42-36(64)30(58)25(57)20-70-42)35(63)38(66)43(71-21)75-40-34(62)32(60)27(19-55)73-45(40)77-47(69)53-14-12-48(2,3)16-23(53)22-8-9-28-49(4)17-24(56)41(76-44-37(65)33(61)31(59)26(18-54)72-44)52(7,46(67)68)29(49)10-11-51(28,6)50(22,5)13-15-53/h8,21,23,25-45,54-55,57-66H,9-20H2,1-7H3,(H,67,68). The third kappa shape index (κ3) is 9.37. The first-order chi connectivity index (χ1) is 36.0. The molecule has 0 aromatic heterocycles. The molecule has 8 fully saturated rings. The minimum Gasteiger partial charge on any atom is -0.481 e. The predicted octanol–water partition coefficient (Wildman–Crippen LogP) is -2.12. The number of aliphatic hydroxyl groups excluding tert-OH is 12. The number of carboxylic acids is 1. The van der Waals surface area contributed by atoms with Crippen LogP contribution in [0.2, 0.25) is 0 Å². The van der Waals surface area contributed by atoms with Gasteiger partial charge in [-0.2, -0.15) is 0 Å². The van der Waals surface area contributed by atoms with Gasteiger partial charge < -0.3 is 104 Å². The largest absolute Gasteiger partial charge is 0.481 e. The van der Waals surface area contributed by atoms with E-state index >= 15 is 4.79 Å². The van der Waals surface area contributed by atoms with Gasteiger partial charge in [0.05, 0.1) is 31.3 Å². The second kappa shape index (κ2) is 21.1. The van der Waals surface area contributed by atoms with E-state index in [0.717, 1.165) is 5.57 Å². The summed E-state index contributed by atoms with van der Waals surface area (Å²) in [4.78, 5) is 43.7. The molecule has 9 aliphatic rings. The quantitative estimate of drug-likeness (QED) is 0.0597. The van der Waals surface area contributed by atoms with E-state index in [1.54, 1.807) is 0 Å². The molecule has 24 nitrogen and oxygen atoms in total. The molecule has 4 aliphatic heterocycles. The maximum Gasteiger partial charge on any atom is 0.315 e. The van der Waals surface area contributed by atoms with Crippen LogP contribution in [0.5, 0.6) is 0 Å². The molecule has 28 unspecified atom stereocenters. The highest BCUT2D eigenvalue weighted by molar-refractivity contribution is 5.93. The Morgan fingerprint density at radius 1 is 0.649 bits per heavy atom. The summed E-state index contributed by atoms with van der Waals surface area (Å²) in [5.41, 5.74) is -4.29. The summed E-state index contributed by atoms with van der Waals surface area (Å²) in [7, 11) is 0. The number of rotatable bonds is 11. The van der Waals surface area contributed by atoms with Crippen LogP contribution in [0.15, 0.2) is 11.6 Å². The second-order valence-electron chi connectivity index (χ2n) is 25.6. The van der Waals surface area contributed by atoms with Crippen molar-refractivity contribution in [3.8, 4) is 0 Å². The van der Waals surface area contributed by atoms with Crippen LogP contribution in [0.4, 0.5) is 0 Å². The summed E-state index contributed by atoms with van der Waals surface area (Å²) in [6, 6.07) is 0. The van der Waals surface area contributed by atoms with Crippen molar-refractivity contribution in [1.29, 1.82) is 0 Å². The predicted molar refractivity (Wildman–Crippen MR) is 258 cm³/mol. The number of esters is 1. The van der Waals surface area contributed by atoms with Gasteiger partial charge in [0.25, 0.3) is 0 Å². The monoisotopic (exact) mass is 1100 g/mol. The lowest BCUT2D eigenvalue weighted by Gasteiger charge is -2.70. The van der Waals surface area contributed by atoms with E-state index in [4.69, 9.17) is 37.9 Å². The number of carbonyl (C=O) groups is 3. The fourth-order valence-electron chi connectivity index (χ4n) is 16.0. The minimum atomic E-state index is -1.93. The fourth-order valence-corrected chi connectivity index (χ4v) is 16.0. The number of allylic oxidation sites excluding steroid dienone is 2. The van der Waals surface area contributed by atoms with Gasteiger partial charge in [-0.15, -0.1) is 0 Å². The molecule has 0 bridgehead atoms. The maximum atomic E-state index is 15.4. The third-order valence-electron chi connectivity index (χ3n) is 20.9. The van der Waals surface area contributed by atoms with Gasteiger partial charge in [0.2, 0.25) is 6.29 Å². The molecule has 438 valence electrons. The van der Waals surface area contributed by atoms with E-state index in [1.165, 1.54) is 13.8 Å². The van der Waals surface area contributed by atoms with E-state index in [1.807, 2.05) is 6.92 Å². The van der Waals surface area contributed by atoms with Gasteiger partial charge in [0.15, 0.2) is 30.8 Å². The molecule has 13 N–H and O–H groups in total. The van der Waals surface area contributed by atoms with Crippen molar-refractivity contribution in [3.05, 3.63) is 11.6 Å². The molecule has 4 heterocycles. The molecule has 28 atom stereocenters. The van der Waals surface area contributed by atoms with Crippen molar-refractivity contribution < 1.29 is 119 Å². The third-order valence-corrected chi connectivity index (χ3v) is 20.9. The van der Waals surface area contributed by atoms with E-state index < -0.39 is 199 Å². The fraction of sp³-hybridized carbons (Fsp3) is 0.906. The average Bonchev–Trinajstić information content (AvgIpc) is 3.55. The number of hydrogen-bond donors (Lipinski definition) is 13. The number of aliphatic carboxylic acids is 1. The number of hydrogen-bond acceptors (Lipinski definition) is 23. The van der Waals surface area contributed by atoms with E-state index in [-0.39, 0.29) is 17.8 Å². The van der Waals surface area contributed by atoms with Gasteiger partial charge in [-0.05, 0) is 105 Å². The highest BCUT2D eigenvalue weighted by atomic mass is 16.8. The van der Waals surface area contributed by atoms with Crippen LogP contribution in [-0.4, -0.2) is 227 Å². The zero-order chi connectivity index (χ0) is 56.4. The van der Waals surface area contributed by atoms with Crippen LogP contribution in [0.3, 0.4) is 0 Å². The van der Waals surface area contributed by atoms with E-state index in [2.05, 4.69) is 33.8 Å². The number of ketones is 1. The number of aliphatic hydroxyl groups is 12. The number of carbonyl (C=O) groups excluding carboxylic acids is 2. The number of carboxylic acid groups (broad SMARTS) is 1. The summed E-state index contributed by atoms with van der Waals surface area (Å²) >= 11 is 0. The molecule has 0 aromatic carbocycles. The Morgan fingerprint density at radius 3 is 1.87 bits per heavy atom. The van der Waals surface area contributed by atoms with Gasteiger partial charge in [-0.25, -0.2) is 0 Å². The first kappa shape index (κ1) is 59.2. The van der Waals surface area contributed by atoms with Crippen LogP contribution in [0.1, 0.15) is 106 Å². The molecule has 5 aliphatic carbocycles. The maximum absolute atomic E-state index is 15.4.